The van der Waals surface area contributed by atoms with Gasteiger partial charge in [0.2, 0.25) is 10.0 Å². The normalized spacial score (nSPS) is 19.0. The second-order valence-electron chi connectivity index (χ2n) is 6.28. The molecule has 0 spiro atoms. The summed E-state index contributed by atoms with van der Waals surface area (Å²) in [6, 6.07) is 4.73. The number of sulfonamides is 1. The molecule has 1 saturated carbocycles. The summed E-state index contributed by atoms with van der Waals surface area (Å²) in [4.78, 5) is 12.5. The third-order valence-corrected chi connectivity index (χ3v) is 6.16. The van der Waals surface area contributed by atoms with Gasteiger partial charge in [0.1, 0.15) is 0 Å². The van der Waals surface area contributed by atoms with Gasteiger partial charge in [0.15, 0.2) is 0 Å². The first kappa shape index (κ1) is 16.2. The van der Waals surface area contributed by atoms with Gasteiger partial charge in [-0.15, -0.1) is 0 Å². The van der Waals surface area contributed by atoms with E-state index in [1.165, 1.54) is 0 Å². The van der Waals surface area contributed by atoms with Crippen molar-refractivity contribution in [3.8, 4) is 0 Å². The lowest BCUT2D eigenvalue weighted by Crippen LogP contribution is -2.32. The number of allylic oxidation sites excluding steroid dienone is 1. The van der Waals surface area contributed by atoms with E-state index < -0.39 is 10.0 Å². The minimum absolute atomic E-state index is 0.110. The largest absolute Gasteiger partial charge is 0.321 e. The van der Waals surface area contributed by atoms with E-state index in [1.807, 2.05) is 13.8 Å². The van der Waals surface area contributed by atoms with Crippen molar-refractivity contribution in [3.05, 3.63) is 29.3 Å². The summed E-state index contributed by atoms with van der Waals surface area (Å²) < 4.78 is 27.6. The maximum absolute atomic E-state index is 12.5. The summed E-state index contributed by atoms with van der Waals surface area (Å²) in [6.45, 7) is 3.77. The summed E-state index contributed by atoms with van der Waals surface area (Å²) in [6.07, 6.45) is 4.75. The van der Waals surface area contributed by atoms with Crippen LogP contribution in [-0.4, -0.2) is 20.4 Å². The van der Waals surface area contributed by atoms with Crippen molar-refractivity contribution >= 4 is 27.2 Å². The van der Waals surface area contributed by atoms with E-state index in [2.05, 4.69) is 10.0 Å². The van der Waals surface area contributed by atoms with Gasteiger partial charge in [-0.1, -0.05) is 12.5 Å². The third kappa shape index (κ3) is 3.05. The van der Waals surface area contributed by atoms with Gasteiger partial charge in [-0.2, -0.15) is 0 Å². The first-order valence-electron chi connectivity index (χ1n) is 8.12. The maximum atomic E-state index is 12.5. The molecular formula is C17H22N2O3S. The number of rotatable bonds is 4. The molecule has 1 aromatic rings. The van der Waals surface area contributed by atoms with Crippen LogP contribution in [0.25, 0.3) is 5.57 Å². The van der Waals surface area contributed by atoms with Crippen LogP contribution in [0.1, 0.15) is 51.5 Å². The molecule has 6 heteroatoms. The van der Waals surface area contributed by atoms with Crippen LogP contribution in [-0.2, 0) is 14.8 Å². The standard InChI is InChI=1S/C17H22N2O3S/c1-3-11(2)19-23(21,22)13-8-9-15-14(10-13)16(17(20)18-15)12-6-4-5-7-12/h8-11,19H,3-7H2,1-2H3,(H,18,20)/t11-/m0/s1. The van der Waals surface area contributed by atoms with Crippen molar-refractivity contribution in [1.82, 2.24) is 4.72 Å². The zero-order chi connectivity index (χ0) is 16.6. The molecule has 1 fully saturated rings. The van der Waals surface area contributed by atoms with Crippen molar-refractivity contribution in [2.45, 2.75) is 56.9 Å². The van der Waals surface area contributed by atoms with E-state index in [1.54, 1.807) is 18.2 Å². The van der Waals surface area contributed by atoms with Crippen LogP contribution in [0.5, 0.6) is 0 Å². The molecule has 1 aliphatic heterocycles. The molecule has 23 heavy (non-hydrogen) atoms. The van der Waals surface area contributed by atoms with Gasteiger partial charge in [-0.25, -0.2) is 13.1 Å². The number of benzene rings is 1. The lowest BCUT2D eigenvalue weighted by Gasteiger charge is -2.13. The molecule has 1 aliphatic carbocycles. The fourth-order valence-electron chi connectivity index (χ4n) is 3.13. The van der Waals surface area contributed by atoms with Crippen LogP contribution in [0.4, 0.5) is 5.69 Å². The molecule has 0 radical (unpaired) electrons. The number of fused-ring (bicyclic) bond motifs is 1. The summed E-state index contributed by atoms with van der Waals surface area (Å²) in [5.74, 6) is -0.110. The molecule has 2 aliphatic rings. The van der Waals surface area contributed by atoms with Crippen molar-refractivity contribution in [2.75, 3.05) is 5.32 Å². The zero-order valence-corrected chi connectivity index (χ0v) is 14.3. The molecule has 0 bridgehead atoms. The monoisotopic (exact) mass is 334 g/mol. The highest BCUT2D eigenvalue weighted by atomic mass is 32.2. The number of hydrogen-bond acceptors (Lipinski definition) is 3. The molecule has 1 heterocycles. The number of carbonyl (C=O) groups is 1. The Morgan fingerprint density at radius 2 is 1.96 bits per heavy atom. The van der Waals surface area contributed by atoms with E-state index in [-0.39, 0.29) is 16.8 Å². The number of carbonyl (C=O) groups excluding carboxylic acids is 1. The van der Waals surface area contributed by atoms with Crippen molar-refractivity contribution in [2.24, 2.45) is 0 Å². The van der Waals surface area contributed by atoms with Gasteiger partial charge in [0.05, 0.1) is 4.90 Å². The molecule has 124 valence electrons. The van der Waals surface area contributed by atoms with Crippen LogP contribution < -0.4 is 10.0 Å². The highest BCUT2D eigenvalue weighted by Crippen LogP contribution is 2.40. The summed E-state index contributed by atoms with van der Waals surface area (Å²) >= 11 is 0. The predicted octanol–water partition coefficient (Wildman–Crippen LogP) is 3.04. The topological polar surface area (TPSA) is 75.3 Å². The predicted molar refractivity (Wildman–Crippen MR) is 90.5 cm³/mol. The quantitative estimate of drug-likeness (QED) is 0.831. The lowest BCUT2D eigenvalue weighted by atomic mass is 10.00. The molecule has 2 N–H and O–H groups in total. The fourth-order valence-corrected chi connectivity index (χ4v) is 4.49. The minimum atomic E-state index is -3.57. The van der Waals surface area contributed by atoms with Crippen molar-refractivity contribution in [1.29, 1.82) is 0 Å². The number of amides is 1. The highest BCUT2D eigenvalue weighted by Gasteiger charge is 2.30. The van der Waals surface area contributed by atoms with Crippen LogP contribution >= 0.6 is 0 Å². The van der Waals surface area contributed by atoms with Crippen molar-refractivity contribution < 1.29 is 13.2 Å². The maximum Gasteiger partial charge on any atom is 0.256 e. The molecule has 0 aromatic heterocycles. The Labute approximate surface area is 137 Å². The average molecular weight is 334 g/mol. The van der Waals surface area contributed by atoms with Crippen LogP contribution in [0.15, 0.2) is 28.7 Å². The van der Waals surface area contributed by atoms with Gasteiger partial charge < -0.3 is 5.32 Å². The van der Waals surface area contributed by atoms with Gasteiger partial charge in [-0.05, 0) is 57.2 Å². The third-order valence-electron chi connectivity index (χ3n) is 4.58. The van der Waals surface area contributed by atoms with E-state index in [9.17, 15) is 13.2 Å². The van der Waals surface area contributed by atoms with Gasteiger partial charge in [0, 0.05) is 22.9 Å². The Kier molecular flexibility index (Phi) is 4.29. The lowest BCUT2D eigenvalue weighted by molar-refractivity contribution is -0.110. The number of nitrogens with one attached hydrogen (secondary N) is 2. The van der Waals surface area contributed by atoms with E-state index in [0.29, 0.717) is 11.3 Å². The van der Waals surface area contributed by atoms with Gasteiger partial charge in [0.25, 0.3) is 5.91 Å². The second-order valence-corrected chi connectivity index (χ2v) is 7.99. The Hall–Kier alpha value is -1.66. The molecule has 1 amide bonds. The Balaban J connectivity index is 2.03. The summed E-state index contributed by atoms with van der Waals surface area (Å²) in [5, 5.41) is 2.84. The van der Waals surface area contributed by atoms with Crippen LogP contribution in [0.2, 0.25) is 0 Å². The van der Waals surface area contributed by atoms with E-state index >= 15 is 0 Å². The first-order valence-corrected chi connectivity index (χ1v) is 9.61. The Morgan fingerprint density at radius 3 is 2.61 bits per heavy atom. The van der Waals surface area contributed by atoms with Gasteiger partial charge >= 0.3 is 0 Å². The van der Waals surface area contributed by atoms with Crippen LogP contribution in [0.3, 0.4) is 0 Å². The van der Waals surface area contributed by atoms with E-state index in [4.69, 9.17) is 0 Å². The summed E-state index contributed by atoms with van der Waals surface area (Å²) in [5.41, 5.74) is 3.24. The molecule has 0 unspecified atom stereocenters. The minimum Gasteiger partial charge on any atom is -0.321 e. The fraction of sp³-hybridized carbons (Fsp3) is 0.471. The smallest absolute Gasteiger partial charge is 0.256 e. The Morgan fingerprint density at radius 1 is 1.26 bits per heavy atom. The molecule has 3 rings (SSSR count). The molecule has 1 atom stereocenters. The number of anilines is 1. The van der Waals surface area contributed by atoms with Crippen LogP contribution in [0, 0.1) is 0 Å². The molecule has 5 nitrogen and oxygen atoms in total. The van der Waals surface area contributed by atoms with Gasteiger partial charge in [-0.3, -0.25) is 4.79 Å². The first-order chi connectivity index (χ1) is 10.9. The Bertz CT molecular complexity index is 773. The highest BCUT2D eigenvalue weighted by molar-refractivity contribution is 7.89. The molecular weight excluding hydrogens is 312 g/mol. The van der Waals surface area contributed by atoms with E-state index in [0.717, 1.165) is 43.2 Å². The zero-order valence-electron chi connectivity index (χ0n) is 13.5. The van der Waals surface area contributed by atoms with Crippen molar-refractivity contribution in [3.63, 3.8) is 0 Å². The SMILES string of the molecule is CC[C@H](C)NS(=O)(=O)c1ccc2c(c1)C(=C1CCCC1)C(=O)N2. The average Bonchev–Trinajstić information content (AvgIpc) is 3.11. The number of hydrogen-bond donors (Lipinski definition) is 2. The second kappa shape index (κ2) is 6.09. The molecule has 0 saturated heterocycles. The summed E-state index contributed by atoms with van der Waals surface area (Å²) in [7, 11) is -3.57. The molecule has 1 aromatic carbocycles.